The second-order valence-corrected chi connectivity index (χ2v) is 4.14. The van der Waals surface area contributed by atoms with Gasteiger partial charge in [-0.2, -0.15) is 0 Å². The van der Waals surface area contributed by atoms with Gasteiger partial charge in [0.1, 0.15) is 0 Å². The Morgan fingerprint density at radius 3 is 2.47 bits per heavy atom. The van der Waals surface area contributed by atoms with Crippen molar-refractivity contribution in [2.24, 2.45) is 0 Å². The number of hydrogen-bond acceptors (Lipinski definition) is 2. The van der Waals surface area contributed by atoms with Crippen molar-refractivity contribution in [1.82, 2.24) is 10.2 Å². The van der Waals surface area contributed by atoms with Crippen LogP contribution in [0.5, 0.6) is 0 Å². The highest BCUT2D eigenvalue weighted by molar-refractivity contribution is 5.14. The molecule has 0 atom stereocenters. The Labute approximate surface area is 93.3 Å². The van der Waals surface area contributed by atoms with E-state index in [1.54, 1.807) is 0 Å². The molecule has 0 bridgehead atoms. The first-order chi connectivity index (χ1) is 7.29. The summed E-state index contributed by atoms with van der Waals surface area (Å²) < 4.78 is 0. The monoisotopic (exact) mass is 206 g/mol. The summed E-state index contributed by atoms with van der Waals surface area (Å²) >= 11 is 0. The van der Waals surface area contributed by atoms with Crippen molar-refractivity contribution >= 4 is 0 Å². The van der Waals surface area contributed by atoms with Gasteiger partial charge in [0.05, 0.1) is 0 Å². The van der Waals surface area contributed by atoms with Gasteiger partial charge in [-0.05, 0) is 52.1 Å². The summed E-state index contributed by atoms with van der Waals surface area (Å²) in [6.45, 7) is 3.36. The fourth-order valence-electron chi connectivity index (χ4n) is 1.52. The Morgan fingerprint density at radius 1 is 1.07 bits per heavy atom. The average molecular weight is 206 g/mol. The lowest BCUT2D eigenvalue weighted by Gasteiger charge is -2.09. The van der Waals surface area contributed by atoms with Crippen LogP contribution < -0.4 is 5.32 Å². The maximum Gasteiger partial charge on any atom is -0.000834 e. The van der Waals surface area contributed by atoms with Gasteiger partial charge in [-0.3, -0.25) is 0 Å². The Balaban J connectivity index is 1.98. The molecule has 0 unspecified atom stereocenters. The lowest BCUT2D eigenvalue weighted by Crippen LogP contribution is -2.23. The van der Waals surface area contributed by atoms with Crippen molar-refractivity contribution in [1.29, 1.82) is 0 Å². The fraction of sp³-hybridized carbons (Fsp3) is 0.538. The third kappa shape index (κ3) is 6.26. The third-order valence-corrected chi connectivity index (χ3v) is 2.39. The molecular weight excluding hydrogens is 184 g/mol. The highest BCUT2D eigenvalue weighted by Crippen LogP contribution is 1.97. The zero-order chi connectivity index (χ0) is 10.9. The van der Waals surface area contributed by atoms with Gasteiger partial charge < -0.3 is 10.2 Å². The van der Waals surface area contributed by atoms with Crippen molar-refractivity contribution < 1.29 is 0 Å². The van der Waals surface area contributed by atoms with E-state index in [1.807, 2.05) is 0 Å². The van der Waals surface area contributed by atoms with Gasteiger partial charge >= 0.3 is 0 Å². The Kier molecular flexibility index (Phi) is 6.05. The first kappa shape index (κ1) is 12.2. The van der Waals surface area contributed by atoms with Crippen molar-refractivity contribution in [3.05, 3.63) is 35.9 Å². The lowest BCUT2D eigenvalue weighted by atomic mass is 10.1. The lowest BCUT2D eigenvalue weighted by molar-refractivity contribution is 0.395. The van der Waals surface area contributed by atoms with Crippen LogP contribution in [0.25, 0.3) is 0 Å². The molecule has 1 aromatic rings. The minimum Gasteiger partial charge on any atom is -0.316 e. The van der Waals surface area contributed by atoms with E-state index >= 15 is 0 Å². The molecule has 0 amide bonds. The molecule has 1 aromatic carbocycles. The number of rotatable bonds is 7. The van der Waals surface area contributed by atoms with Crippen LogP contribution in [0.3, 0.4) is 0 Å². The van der Waals surface area contributed by atoms with Crippen LogP contribution in [-0.4, -0.2) is 38.6 Å². The van der Waals surface area contributed by atoms with E-state index in [1.165, 1.54) is 18.5 Å². The summed E-state index contributed by atoms with van der Waals surface area (Å²) in [7, 11) is 4.23. The molecule has 84 valence electrons. The second kappa shape index (κ2) is 7.43. The highest BCUT2D eigenvalue weighted by atomic mass is 15.0. The first-order valence-electron chi connectivity index (χ1n) is 5.68. The zero-order valence-corrected chi connectivity index (χ0v) is 9.87. The van der Waals surface area contributed by atoms with Gasteiger partial charge in [-0.25, -0.2) is 0 Å². The number of nitrogens with zero attached hydrogens (tertiary/aromatic N) is 1. The van der Waals surface area contributed by atoms with Crippen LogP contribution in [0.4, 0.5) is 0 Å². The fourth-order valence-corrected chi connectivity index (χ4v) is 1.52. The molecule has 1 rings (SSSR count). The van der Waals surface area contributed by atoms with Gasteiger partial charge in [0.25, 0.3) is 0 Å². The molecule has 0 aliphatic carbocycles. The van der Waals surface area contributed by atoms with E-state index in [-0.39, 0.29) is 0 Å². The van der Waals surface area contributed by atoms with E-state index in [9.17, 15) is 0 Å². The Morgan fingerprint density at radius 2 is 1.80 bits per heavy atom. The Hall–Kier alpha value is -0.860. The van der Waals surface area contributed by atoms with E-state index in [4.69, 9.17) is 0 Å². The SMILES string of the molecule is CN(C)CCCNCCc1ccccc1. The molecule has 0 fully saturated rings. The highest BCUT2D eigenvalue weighted by Gasteiger charge is 1.92. The Bertz CT molecular complexity index is 244. The van der Waals surface area contributed by atoms with Crippen LogP contribution >= 0.6 is 0 Å². The zero-order valence-electron chi connectivity index (χ0n) is 9.87. The van der Waals surface area contributed by atoms with Gasteiger partial charge in [-0.15, -0.1) is 0 Å². The average Bonchev–Trinajstić information content (AvgIpc) is 2.24. The molecule has 0 aromatic heterocycles. The molecule has 0 aliphatic heterocycles. The quantitative estimate of drug-likeness (QED) is 0.684. The van der Waals surface area contributed by atoms with E-state index in [2.05, 4.69) is 54.6 Å². The summed E-state index contributed by atoms with van der Waals surface area (Å²) in [5.74, 6) is 0. The second-order valence-electron chi connectivity index (χ2n) is 4.14. The van der Waals surface area contributed by atoms with Crippen molar-refractivity contribution in [2.45, 2.75) is 12.8 Å². The van der Waals surface area contributed by atoms with Crippen LogP contribution in [0.2, 0.25) is 0 Å². The van der Waals surface area contributed by atoms with Crippen molar-refractivity contribution in [2.75, 3.05) is 33.7 Å². The molecule has 0 saturated carbocycles. The van der Waals surface area contributed by atoms with Crippen LogP contribution in [0, 0.1) is 0 Å². The normalized spacial score (nSPS) is 10.9. The van der Waals surface area contributed by atoms with Crippen molar-refractivity contribution in [3.8, 4) is 0 Å². The standard InChI is InChI=1S/C13H22N2/c1-15(2)12-6-10-14-11-9-13-7-4-3-5-8-13/h3-5,7-8,14H,6,9-12H2,1-2H3. The summed E-state index contributed by atoms with van der Waals surface area (Å²) in [5.41, 5.74) is 1.41. The summed E-state index contributed by atoms with van der Waals surface area (Å²) in [5, 5.41) is 3.46. The summed E-state index contributed by atoms with van der Waals surface area (Å²) in [6.07, 6.45) is 2.35. The molecule has 15 heavy (non-hydrogen) atoms. The molecule has 0 spiro atoms. The molecule has 0 saturated heterocycles. The summed E-state index contributed by atoms with van der Waals surface area (Å²) in [6, 6.07) is 10.6. The largest absolute Gasteiger partial charge is 0.316 e. The van der Waals surface area contributed by atoms with Crippen molar-refractivity contribution in [3.63, 3.8) is 0 Å². The number of nitrogens with one attached hydrogen (secondary N) is 1. The maximum absolute atomic E-state index is 3.46. The minimum absolute atomic E-state index is 1.08. The van der Waals surface area contributed by atoms with Gasteiger partial charge in [0.2, 0.25) is 0 Å². The smallest absolute Gasteiger partial charge is 0.000834 e. The summed E-state index contributed by atoms with van der Waals surface area (Å²) in [4.78, 5) is 2.22. The molecule has 2 nitrogen and oxygen atoms in total. The van der Waals surface area contributed by atoms with E-state index in [0.29, 0.717) is 0 Å². The molecule has 0 heterocycles. The van der Waals surface area contributed by atoms with Gasteiger partial charge in [0, 0.05) is 0 Å². The van der Waals surface area contributed by atoms with E-state index in [0.717, 1.165) is 19.5 Å². The molecule has 0 radical (unpaired) electrons. The number of hydrogen-bond donors (Lipinski definition) is 1. The van der Waals surface area contributed by atoms with Crippen LogP contribution in [-0.2, 0) is 6.42 Å². The molecule has 0 aliphatic rings. The topological polar surface area (TPSA) is 15.3 Å². The molecule has 1 N–H and O–H groups in total. The minimum atomic E-state index is 1.08. The maximum atomic E-state index is 3.46. The van der Waals surface area contributed by atoms with Crippen LogP contribution in [0.15, 0.2) is 30.3 Å². The van der Waals surface area contributed by atoms with E-state index < -0.39 is 0 Å². The number of benzene rings is 1. The predicted octanol–water partition coefficient (Wildman–Crippen LogP) is 1.77. The third-order valence-electron chi connectivity index (χ3n) is 2.39. The van der Waals surface area contributed by atoms with Gasteiger partial charge in [-0.1, -0.05) is 30.3 Å². The predicted molar refractivity (Wildman–Crippen MR) is 66.2 cm³/mol. The van der Waals surface area contributed by atoms with Crippen LogP contribution in [0.1, 0.15) is 12.0 Å². The first-order valence-corrected chi connectivity index (χ1v) is 5.68. The van der Waals surface area contributed by atoms with Gasteiger partial charge in [0.15, 0.2) is 0 Å². The molecule has 2 heteroatoms. The molecular formula is C13H22N2.